The van der Waals surface area contributed by atoms with Crippen LogP contribution in [-0.2, 0) is 32.0 Å². The Kier molecular flexibility index (Phi) is 11.6. The first-order valence-corrected chi connectivity index (χ1v) is 13.6. The van der Waals surface area contributed by atoms with Gasteiger partial charge in [0.1, 0.15) is 18.1 Å². The van der Waals surface area contributed by atoms with E-state index in [0.717, 1.165) is 10.9 Å². The highest BCUT2D eigenvalue weighted by molar-refractivity contribution is 5.95. The maximum absolute atomic E-state index is 13.5. The molecular weight excluding hydrogens is 560 g/mol. The average Bonchev–Trinajstić information content (AvgIpc) is 3.62. The maximum Gasteiger partial charge on any atom is 0.326 e. The zero-order chi connectivity index (χ0) is 31.5. The largest absolute Gasteiger partial charge is 0.480 e. The number of fused-ring (bicyclic) bond motifs is 1. The predicted octanol–water partition coefficient (Wildman–Crippen LogP) is -2.02. The number of hydrogen-bond donors (Lipinski definition) is 10. The quantitative estimate of drug-likeness (QED) is 0.0490. The molecule has 43 heavy (non-hydrogen) atoms. The third-order valence-electron chi connectivity index (χ3n) is 6.69. The topological polar surface area (TPSA) is 280 Å². The second kappa shape index (κ2) is 15.3. The summed E-state index contributed by atoms with van der Waals surface area (Å²) in [5, 5.41) is 28.3. The molecule has 16 nitrogen and oxygen atoms in total. The van der Waals surface area contributed by atoms with Crippen LogP contribution in [-0.4, -0.2) is 91.6 Å². The van der Waals surface area contributed by atoms with Crippen LogP contribution in [0.4, 0.5) is 0 Å². The van der Waals surface area contributed by atoms with Crippen LogP contribution in [0.25, 0.3) is 10.9 Å². The number of carboxylic acid groups (broad SMARTS) is 1. The molecule has 0 aliphatic rings. The molecule has 232 valence electrons. The number of aliphatic hydroxyl groups excluding tert-OH is 1. The van der Waals surface area contributed by atoms with Crippen LogP contribution < -0.4 is 33.2 Å². The number of aromatic amines is 2. The summed E-state index contributed by atoms with van der Waals surface area (Å²) in [6.07, 6.45) is 3.63. The number of aliphatic carboxylic acids is 1. The first kappa shape index (κ1) is 32.6. The summed E-state index contributed by atoms with van der Waals surface area (Å²) in [6.45, 7) is 1.46. The molecule has 0 saturated heterocycles. The highest BCUT2D eigenvalue weighted by Gasteiger charge is 2.33. The molecule has 5 atom stereocenters. The zero-order valence-electron chi connectivity index (χ0n) is 23.6. The molecule has 5 unspecified atom stereocenters. The van der Waals surface area contributed by atoms with Gasteiger partial charge in [0.2, 0.25) is 17.7 Å². The summed E-state index contributed by atoms with van der Waals surface area (Å²) in [5.74, 6) is -3.77. The van der Waals surface area contributed by atoms with Gasteiger partial charge in [0.05, 0.1) is 18.5 Å². The number of carbonyl (C=O) groups excluding carboxylic acids is 3. The van der Waals surface area contributed by atoms with Gasteiger partial charge in [-0.25, -0.2) is 9.78 Å². The third kappa shape index (κ3) is 9.54. The van der Waals surface area contributed by atoms with E-state index in [9.17, 15) is 29.4 Å². The van der Waals surface area contributed by atoms with E-state index in [0.29, 0.717) is 11.3 Å². The zero-order valence-corrected chi connectivity index (χ0v) is 23.6. The van der Waals surface area contributed by atoms with Crippen LogP contribution >= 0.6 is 0 Å². The number of guanidine groups is 1. The number of aliphatic imine (C=N–C) groups is 1. The standard InChI is InChI=1S/C27H38N10O6/c1-14(38)22(37-23(39)18(28)10-16-12-31-13-34-16)25(41)36-21(9-15-11-33-19-6-3-2-5-17(15)19)24(40)35-20(26(42)43)7-4-8-32-27(29)30/h2-3,5-6,11-14,18,20-22,33,38H,4,7-10,28H2,1H3,(H,31,34)(H,35,40)(H,36,41)(H,37,39)(H,42,43)(H4,29,30,32). The third-order valence-corrected chi connectivity index (χ3v) is 6.69. The van der Waals surface area contributed by atoms with Crippen molar-refractivity contribution in [2.45, 2.75) is 62.9 Å². The maximum atomic E-state index is 13.5. The van der Waals surface area contributed by atoms with Crippen molar-refractivity contribution in [2.24, 2.45) is 22.2 Å². The molecule has 2 heterocycles. The van der Waals surface area contributed by atoms with E-state index in [4.69, 9.17) is 17.2 Å². The Hall–Kier alpha value is -4.96. The number of hydrogen-bond acceptors (Lipinski definition) is 8. The molecule has 1 aromatic carbocycles. The number of benzene rings is 1. The molecule has 0 fully saturated rings. The van der Waals surface area contributed by atoms with Crippen LogP contribution in [0.5, 0.6) is 0 Å². The lowest BCUT2D eigenvalue weighted by molar-refractivity contribution is -0.142. The molecule has 3 amide bonds. The van der Waals surface area contributed by atoms with Gasteiger partial charge in [0, 0.05) is 48.4 Å². The van der Waals surface area contributed by atoms with Crippen molar-refractivity contribution in [1.29, 1.82) is 0 Å². The van der Waals surface area contributed by atoms with Gasteiger partial charge in [0.25, 0.3) is 0 Å². The fourth-order valence-corrected chi connectivity index (χ4v) is 4.42. The lowest BCUT2D eigenvalue weighted by Crippen LogP contribution is -2.60. The number of carboxylic acids is 1. The van der Waals surface area contributed by atoms with E-state index in [2.05, 4.69) is 35.9 Å². The Bertz CT molecular complexity index is 1420. The van der Waals surface area contributed by atoms with Gasteiger partial charge in [0.15, 0.2) is 5.96 Å². The minimum atomic E-state index is -1.46. The fraction of sp³-hybridized carbons (Fsp3) is 0.407. The van der Waals surface area contributed by atoms with Crippen molar-refractivity contribution in [3.05, 3.63) is 54.2 Å². The first-order valence-electron chi connectivity index (χ1n) is 13.6. The van der Waals surface area contributed by atoms with E-state index < -0.39 is 54.0 Å². The molecule has 2 aromatic heterocycles. The van der Waals surface area contributed by atoms with E-state index in [1.165, 1.54) is 19.4 Å². The molecule has 0 aliphatic heterocycles. The summed E-state index contributed by atoms with van der Waals surface area (Å²) in [5.41, 5.74) is 18.7. The van der Waals surface area contributed by atoms with Crippen molar-refractivity contribution in [3.63, 3.8) is 0 Å². The SMILES string of the molecule is CC(O)C(NC(=O)C(N)Cc1cnc[nH]1)C(=O)NC(Cc1c[nH]c2ccccc12)C(=O)NC(CCCN=C(N)N)C(=O)O. The molecule has 16 heteroatoms. The Morgan fingerprint density at radius 3 is 2.37 bits per heavy atom. The average molecular weight is 599 g/mol. The highest BCUT2D eigenvalue weighted by Crippen LogP contribution is 2.19. The van der Waals surface area contributed by atoms with Gasteiger partial charge in [-0.05, 0) is 31.4 Å². The molecule has 0 aliphatic carbocycles. The van der Waals surface area contributed by atoms with Gasteiger partial charge in [-0.15, -0.1) is 0 Å². The lowest BCUT2D eigenvalue weighted by Gasteiger charge is -2.26. The van der Waals surface area contributed by atoms with Crippen molar-refractivity contribution >= 4 is 40.6 Å². The number of carbonyl (C=O) groups is 4. The fourth-order valence-electron chi connectivity index (χ4n) is 4.42. The Morgan fingerprint density at radius 2 is 1.72 bits per heavy atom. The molecule has 3 aromatic rings. The normalized spacial score (nSPS) is 14.6. The second-order valence-electron chi connectivity index (χ2n) is 10.1. The molecule has 0 bridgehead atoms. The summed E-state index contributed by atoms with van der Waals surface area (Å²) in [7, 11) is 0. The number of nitrogens with one attached hydrogen (secondary N) is 5. The number of aromatic nitrogens is 3. The number of imidazole rings is 1. The van der Waals surface area contributed by atoms with Crippen LogP contribution in [0, 0.1) is 0 Å². The van der Waals surface area contributed by atoms with Crippen molar-refractivity contribution in [3.8, 4) is 0 Å². The summed E-state index contributed by atoms with van der Waals surface area (Å²) in [4.78, 5) is 65.1. The molecular formula is C27H38N10O6. The molecule has 0 saturated carbocycles. The Morgan fingerprint density at radius 1 is 1.00 bits per heavy atom. The molecule has 3 rings (SSSR count). The molecule has 0 spiro atoms. The summed E-state index contributed by atoms with van der Waals surface area (Å²) >= 11 is 0. The number of nitrogens with two attached hydrogens (primary N) is 3. The first-order chi connectivity index (χ1) is 20.5. The minimum Gasteiger partial charge on any atom is -0.480 e. The highest BCUT2D eigenvalue weighted by atomic mass is 16.4. The molecule has 13 N–H and O–H groups in total. The number of aliphatic hydroxyl groups is 1. The van der Waals surface area contributed by atoms with Gasteiger partial charge in [-0.1, -0.05) is 18.2 Å². The second-order valence-corrected chi connectivity index (χ2v) is 10.1. The van der Waals surface area contributed by atoms with Crippen LogP contribution in [0.3, 0.4) is 0 Å². The van der Waals surface area contributed by atoms with Crippen molar-refractivity contribution in [2.75, 3.05) is 6.54 Å². The van der Waals surface area contributed by atoms with Crippen molar-refractivity contribution < 1.29 is 29.4 Å². The van der Waals surface area contributed by atoms with Gasteiger partial charge in [-0.3, -0.25) is 19.4 Å². The number of rotatable bonds is 16. The minimum absolute atomic E-state index is 0.0200. The number of H-pyrrole nitrogens is 2. The Labute approximate surface area is 246 Å². The monoisotopic (exact) mass is 598 g/mol. The summed E-state index contributed by atoms with van der Waals surface area (Å²) in [6, 6.07) is 2.23. The van der Waals surface area contributed by atoms with Crippen LogP contribution in [0.15, 0.2) is 48.0 Å². The van der Waals surface area contributed by atoms with E-state index in [1.54, 1.807) is 6.20 Å². The number of para-hydroxylation sites is 1. The van der Waals surface area contributed by atoms with Gasteiger partial charge >= 0.3 is 5.97 Å². The van der Waals surface area contributed by atoms with E-state index in [-0.39, 0.29) is 38.2 Å². The lowest BCUT2D eigenvalue weighted by atomic mass is 10.0. The van der Waals surface area contributed by atoms with Gasteiger partial charge < -0.3 is 53.3 Å². The predicted molar refractivity (Wildman–Crippen MR) is 157 cm³/mol. The molecule has 0 radical (unpaired) electrons. The smallest absolute Gasteiger partial charge is 0.326 e. The van der Waals surface area contributed by atoms with E-state index in [1.807, 2.05) is 24.3 Å². The number of amides is 3. The van der Waals surface area contributed by atoms with E-state index >= 15 is 0 Å². The summed E-state index contributed by atoms with van der Waals surface area (Å²) < 4.78 is 0. The Balaban J connectivity index is 1.78. The number of nitrogens with zero attached hydrogens (tertiary/aromatic N) is 2. The van der Waals surface area contributed by atoms with Gasteiger partial charge in [-0.2, -0.15) is 0 Å². The van der Waals surface area contributed by atoms with Crippen LogP contribution in [0.1, 0.15) is 31.0 Å². The van der Waals surface area contributed by atoms with Crippen LogP contribution in [0.2, 0.25) is 0 Å². The van der Waals surface area contributed by atoms with Crippen molar-refractivity contribution in [1.82, 2.24) is 30.9 Å².